The van der Waals surface area contributed by atoms with E-state index in [1.807, 2.05) is 6.92 Å². The molecule has 0 aromatic carbocycles. The van der Waals surface area contributed by atoms with Crippen molar-refractivity contribution in [1.82, 2.24) is 0 Å². The summed E-state index contributed by atoms with van der Waals surface area (Å²) in [6.45, 7) is 7.15. The monoisotopic (exact) mass is 190 g/mol. The molecule has 0 N–H and O–H groups in total. The van der Waals surface area contributed by atoms with Gasteiger partial charge in [-0.25, -0.2) is 0 Å². The van der Waals surface area contributed by atoms with Gasteiger partial charge in [-0.2, -0.15) is 0 Å². The molecule has 12 heavy (non-hydrogen) atoms. The Morgan fingerprint density at radius 2 is 2.00 bits per heavy atom. The van der Waals surface area contributed by atoms with E-state index in [-0.39, 0.29) is 5.60 Å². The van der Waals surface area contributed by atoms with Crippen molar-refractivity contribution in [3.05, 3.63) is 0 Å². The molecule has 0 amide bonds. The van der Waals surface area contributed by atoms with E-state index < -0.39 is 0 Å². The topological polar surface area (TPSA) is 9.23 Å². The Balaban J connectivity index is 2.38. The first-order chi connectivity index (χ1) is 5.54. The molecule has 0 radical (unpaired) electrons. The van der Waals surface area contributed by atoms with Crippen molar-refractivity contribution in [2.75, 3.05) is 12.5 Å². The van der Waals surface area contributed by atoms with Crippen LogP contribution < -0.4 is 0 Å². The summed E-state index contributed by atoms with van der Waals surface area (Å²) in [5.74, 6) is 0.795. The third kappa shape index (κ3) is 2.63. The zero-order valence-corrected chi connectivity index (χ0v) is 9.08. The molecule has 1 nitrogen and oxygen atoms in total. The number of ether oxygens (including phenoxy) is 1. The highest BCUT2D eigenvalue weighted by Crippen LogP contribution is 2.52. The SMILES string of the molecule is CCOC(C)(C)CC1(CCl)CC1. The van der Waals surface area contributed by atoms with Crippen LogP contribution in [0.25, 0.3) is 0 Å². The van der Waals surface area contributed by atoms with Crippen LogP contribution in [0.1, 0.15) is 40.0 Å². The zero-order chi connectivity index (χ0) is 9.24. The van der Waals surface area contributed by atoms with Gasteiger partial charge in [-0.05, 0) is 45.4 Å². The normalized spacial score (nSPS) is 21.0. The summed E-state index contributed by atoms with van der Waals surface area (Å²) in [5, 5.41) is 0. The molecule has 2 heteroatoms. The summed E-state index contributed by atoms with van der Waals surface area (Å²) in [6, 6.07) is 0. The van der Waals surface area contributed by atoms with E-state index >= 15 is 0 Å². The van der Waals surface area contributed by atoms with Crippen LogP contribution in [0, 0.1) is 5.41 Å². The Hall–Kier alpha value is 0.250. The maximum absolute atomic E-state index is 5.91. The first-order valence-corrected chi connectivity index (χ1v) is 5.27. The lowest BCUT2D eigenvalue weighted by molar-refractivity contribution is -0.0284. The molecule has 1 aliphatic rings. The Morgan fingerprint density at radius 3 is 2.33 bits per heavy atom. The predicted octanol–water partition coefficient (Wildman–Crippen LogP) is 3.21. The molecular formula is C10H19ClO. The summed E-state index contributed by atoms with van der Waals surface area (Å²) in [4.78, 5) is 0. The maximum Gasteiger partial charge on any atom is 0.0632 e. The number of hydrogen-bond acceptors (Lipinski definition) is 1. The molecule has 0 aromatic heterocycles. The second kappa shape index (κ2) is 3.55. The van der Waals surface area contributed by atoms with Gasteiger partial charge in [0.2, 0.25) is 0 Å². The summed E-state index contributed by atoms with van der Waals surface area (Å²) in [5.41, 5.74) is 0.431. The minimum atomic E-state index is 0.0140. The largest absolute Gasteiger partial charge is 0.376 e. The number of alkyl halides is 1. The number of hydrogen-bond donors (Lipinski definition) is 0. The second-order valence-electron chi connectivity index (χ2n) is 4.50. The fourth-order valence-corrected chi connectivity index (χ4v) is 2.24. The lowest BCUT2D eigenvalue weighted by atomic mass is 9.92. The minimum Gasteiger partial charge on any atom is -0.376 e. The van der Waals surface area contributed by atoms with Gasteiger partial charge in [0.05, 0.1) is 5.60 Å². The van der Waals surface area contributed by atoms with Crippen molar-refractivity contribution in [3.8, 4) is 0 Å². The summed E-state index contributed by atoms with van der Waals surface area (Å²) in [7, 11) is 0. The fraction of sp³-hybridized carbons (Fsp3) is 1.00. The van der Waals surface area contributed by atoms with Crippen LogP contribution >= 0.6 is 11.6 Å². The Morgan fingerprint density at radius 1 is 1.42 bits per heavy atom. The van der Waals surface area contributed by atoms with Gasteiger partial charge in [-0.3, -0.25) is 0 Å². The van der Waals surface area contributed by atoms with E-state index in [1.165, 1.54) is 12.8 Å². The van der Waals surface area contributed by atoms with Crippen molar-refractivity contribution < 1.29 is 4.74 Å². The molecule has 0 saturated heterocycles. The van der Waals surface area contributed by atoms with E-state index in [0.717, 1.165) is 18.9 Å². The molecule has 0 heterocycles. The highest BCUT2D eigenvalue weighted by molar-refractivity contribution is 6.18. The van der Waals surface area contributed by atoms with Crippen LogP contribution in [0.2, 0.25) is 0 Å². The molecule has 1 aliphatic carbocycles. The Labute approximate surface area is 80.4 Å². The van der Waals surface area contributed by atoms with Gasteiger partial charge in [-0.1, -0.05) is 0 Å². The van der Waals surface area contributed by atoms with Crippen molar-refractivity contribution in [2.24, 2.45) is 5.41 Å². The average Bonchev–Trinajstić information content (AvgIpc) is 2.68. The second-order valence-corrected chi connectivity index (χ2v) is 4.77. The lowest BCUT2D eigenvalue weighted by Gasteiger charge is -2.28. The molecule has 0 aliphatic heterocycles. The molecule has 72 valence electrons. The van der Waals surface area contributed by atoms with Crippen LogP contribution in [0.4, 0.5) is 0 Å². The molecule has 0 spiro atoms. The summed E-state index contributed by atoms with van der Waals surface area (Å²) < 4.78 is 5.65. The van der Waals surface area contributed by atoms with Gasteiger partial charge < -0.3 is 4.74 Å². The number of rotatable bonds is 5. The Kier molecular flexibility index (Phi) is 3.06. The highest BCUT2D eigenvalue weighted by atomic mass is 35.5. The van der Waals surface area contributed by atoms with Crippen LogP contribution in [-0.4, -0.2) is 18.1 Å². The molecule has 0 unspecified atom stereocenters. The molecule has 1 fully saturated rings. The first-order valence-electron chi connectivity index (χ1n) is 4.73. The standard InChI is InChI=1S/C10H19ClO/c1-4-12-9(2,3)7-10(8-11)5-6-10/h4-8H2,1-3H3. The van der Waals surface area contributed by atoms with Crippen molar-refractivity contribution >= 4 is 11.6 Å². The zero-order valence-electron chi connectivity index (χ0n) is 8.32. The van der Waals surface area contributed by atoms with Crippen molar-refractivity contribution in [2.45, 2.75) is 45.6 Å². The van der Waals surface area contributed by atoms with Gasteiger partial charge in [-0.15, -0.1) is 11.6 Å². The van der Waals surface area contributed by atoms with E-state index in [1.54, 1.807) is 0 Å². The van der Waals surface area contributed by atoms with Crippen molar-refractivity contribution in [3.63, 3.8) is 0 Å². The van der Waals surface area contributed by atoms with Gasteiger partial charge in [0.15, 0.2) is 0 Å². The number of halogens is 1. The molecule has 1 rings (SSSR count). The summed E-state index contributed by atoms with van der Waals surface area (Å²) >= 11 is 5.91. The highest BCUT2D eigenvalue weighted by Gasteiger charge is 2.45. The molecule has 1 saturated carbocycles. The van der Waals surface area contributed by atoms with Crippen LogP contribution in [0.15, 0.2) is 0 Å². The van der Waals surface area contributed by atoms with Crippen LogP contribution in [0.3, 0.4) is 0 Å². The first kappa shape index (κ1) is 10.3. The van der Waals surface area contributed by atoms with E-state index in [0.29, 0.717) is 5.41 Å². The van der Waals surface area contributed by atoms with Crippen molar-refractivity contribution in [1.29, 1.82) is 0 Å². The van der Waals surface area contributed by atoms with Gasteiger partial charge in [0, 0.05) is 12.5 Å². The lowest BCUT2D eigenvalue weighted by Crippen LogP contribution is -2.29. The predicted molar refractivity (Wildman–Crippen MR) is 52.7 cm³/mol. The molecular weight excluding hydrogens is 172 g/mol. The van der Waals surface area contributed by atoms with Crippen LogP contribution in [0.5, 0.6) is 0 Å². The maximum atomic E-state index is 5.91. The van der Waals surface area contributed by atoms with E-state index in [2.05, 4.69) is 13.8 Å². The van der Waals surface area contributed by atoms with Gasteiger partial charge in [0.1, 0.15) is 0 Å². The average molecular weight is 191 g/mol. The minimum absolute atomic E-state index is 0.0140. The van der Waals surface area contributed by atoms with Crippen LogP contribution in [-0.2, 0) is 4.74 Å². The molecule has 0 bridgehead atoms. The quantitative estimate of drug-likeness (QED) is 0.605. The fourth-order valence-electron chi connectivity index (χ4n) is 1.88. The summed E-state index contributed by atoms with van der Waals surface area (Å²) in [6.07, 6.45) is 3.68. The smallest absolute Gasteiger partial charge is 0.0632 e. The third-order valence-corrected chi connectivity index (χ3v) is 3.14. The van der Waals surface area contributed by atoms with E-state index in [4.69, 9.17) is 16.3 Å². The molecule has 0 atom stereocenters. The Bertz CT molecular complexity index is 150. The van der Waals surface area contributed by atoms with E-state index in [9.17, 15) is 0 Å². The molecule has 0 aromatic rings. The van der Waals surface area contributed by atoms with Gasteiger partial charge in [0.25, 0.3) is 0 Å². The van der Waals surface area contributed by atoms with Gasteiger partial charge >= 0.3 is 0 Å². The third-order valence-electron chi connectivity index (χ3n) is 2.58.